The van der Waals surface area contributed by atoms with Gasteiger partial charge in [-0.1, -0.05) is 41.9 Å². The largest absolute Gasteiger partial charge is 0.334 e. The van der Waals surface area contributed by atoms with E-state index >= 15 is 0 Å². The van der Waals surface area contributed by atoms with E-state index in [1.54, 1.807) is 23.0 Å². The van der Waals surface area contributed by atoms with E-state index in [1.807, 2.05) is 48.7 Å². The molecule has 0 saturated heterocycles. The van der Waals surface area contributed by atoms with Crippen LogP contribution in [0.1, 0.15) is 11.1 Å². The molecule has 24 heavy (non-hydrogen) atoms. The number of carbonyl (C=O) groups excluding carboxylic acids is 1. The fraction of sp³-hybridized carbons (Fsp3) is 0.111. The van der Waals surface area contributed by atoms with Crippen molar-refractivity contribution in [2.75, 3.05) is 0 Å². The van der Waals surface area contributed by atoms with Crippen LogP contribution in [0, 0.1) is 0 Å². The maximum atomic E-state index is 11.9. The fourth-order valence-electron chi connectivity index (χ4n) is 2.20. The molecule has 3 aromatic rings. The van der Waals surface area contributed by atoms with Crippen molar-refractivity contribution in [3.05, 3.63) is 83.1 Å². The van der Waals surface area contributed by atoms with Gasteiger partial charge in [0.2, 0.25) is 0 Å². The van der Waals surface area contributed by atoms with Crippen molar-refractivity contribution >= 4 is 17.6 Å². The smallest absolute Gasteiger partial charge is 0.315 e. The molecule has 3 rings (SSSR count). The molecule has 0 radical (unpaired) electrons. The lowest BCUT2D eigenvalue weighted by Gasteiger charge is -2.07. The Hall–Kier alpha value is -2.79. The summed E-state index contributed by atoms with van der Waals surface area (Å²) in [5.74, 6) is 0. The highest BCUT2D eigenvalue weighted by atomic mass is 35.5. The Bertz CT molecular complexity index is 799. The zero-order valence-corrected chi connectivity index (χ0v) is 13.7. The molecule has 2 amide bonds. The lowest BCUT2D eigenvalue weighted by Crippen LogP contribution is -2.34. The Balaban J connectivity index is 1.48. The zero-order chi connectivity index (χ0) is 16.8. The maximum absolute atomic E-state index is 11.9. The number of carbonyl (C=O) groups is 1. The van der Waals surface area contributed by atoms with E-state index in [0.29, 0.717) is 18.1 Å². The minimum Gasteiger partial charge on any atom is -0.334 e. The number of amides is 2. The third-order valence-corrected chi connectivity index (χ3v) is 3.73. The molecular weight excluding hydrogens is 324 g/mol. The number of hydrogen-bond acceptors (Lipinski definition) is 2. The molecule has 0 atom stereocenters. The van der Waals surface area contributed by atoms with Gasteiger partial charge in [-0.3, -0.25) is 0 Å². The van der Waals surface area contributed by atoms with E-state index < -0.39 is 0 Å². The second kappa shape index (κ2) is 7.66. The monoisotopic (exact) mass is 340 g/mol. The molecule has 0 aliphatic heterocycles. The van der Waals surface area contributed by atoms with Gasteiger partial charge in [0.05, 0.1) is 11.9 Å². The number of benzene rings is 2. The maximum Gasteiger partial charge on any atom is 0.315 e. The summed E-state index contributed by atoms with van der Waals surface area (Å²) in [6, 6.07) is 17.0. The molecule has 2 aromatic carbocycles. The summed E-state index contributed by atoms with van der Waals surface area (Å²) in [5, 5.41) is 10.6. The van der Waals surface area contributed by atoms with Gasteiger partial charge >= 0.3 is 6.03 Å². The highest BCUT2D eigenvalue weighted by Gasteiger charge is 2.04. The van der Waals surface area contributed by atoms with Crippen LogP contribution in [-0.4, -0.2) is 15.8 Å². The van der Waals surface area contributed by atoms with E-state index in [4.69, 9.17) is 11.6 Å². The molecule has 0 aliphatic carbocycles. The number of hydrogen-bond donors (Lipinski definition) is 2. The van der Waals surface area contributed by atoms with Gasteiger partial charge in [0.1, 0.15) is 0 Å². The normalized spacial score (nSPS) is 10.4. The molecule has 1 aromatic heterocycles. The van der Waals surface area contributed by atoms with E-state index in [9.17, 15) is 4.79 Å². The summed E-state index contributed by atoms with van der Waals surface area (Å²) in [5.41, 5.74) is 2.91. The zero-order valence-electron chi connectivity index (χ0n) is 12.9. The number of nitrogens with zero attached hydrogens (tertiary/aromatic N) is 2. The van der Waals surface area contributed by atoms with Crippen molar-refractivity contribution < 1.29 is 4.79 Å². The van der Waals surface area contributed by atoms with Gasteiger partial charge in [0, 0.05) is 29.9 Å². The van der Waals surface area contributed by atoms with Gasteiger partial charge in [-0.15, -0.1) is 0 Å². The van der Waals surface area contributed by atoms with Crippen molar-refractivity contribution in [1.82, 2.24) is 20.4 Å². The predicted molar refractivity (Wildman–Crippen MR) is 94.1 cm³/mol. The van der Waals surface area contributed by atoms with Crippen LogP contribution in [-0.2, 0) is 13.1 Å². The molecule has 0 fully saturated rings. The van der Waals surface area contributed by atoms with Gasteiger partial charge in [-0.05, 0) is 29.8 Å². The van der Waals surface area contributed by atoms with Gasteiger partial charge < -0.3 is 10.6 Å². The Morgan fingerprint density at radius 3 is 2.33 bits per heavy atom. The molecule has 2 N–H and O–H groups in total. The van der Waals surface area contributed by atoms with Crippen molar-refractivity contribution in [2.24, 2.45) is 0 Å². The fourth-order valence-corrected chi connectivity index (χ4v) is 2.33. The summed E-state index contributed by atoms with van der Waals surface area (Å²) in [6.07, 6.45) is 3.64. The predicted octanol–water partition coefficient (Wildman–Crippen LogP) is 3.53. The highest BCUT2D eigenvalue weighted by molar-refractivity contribution is 6.30. The molecule has 0 bridgehead atoms. The van der Waals surface area contributed by atoms with Crippen LogP contribution in [0.25, 0.3) is 5.69 Å². The first kappa shape index (κ1) is 16.1. The summed E-state index contributed by atoms with van der Waals surface area (Å²) in [4.78, 5) is 11.9. The van der Waals surface area contributed by atoms with Crippen LogP contribution in [0.2, 0.25) is 5.02 Å². The number of urea groups is 1. The average Bonchev–Trinajstić information content (AvgIpc) is 3.09. The Labute approximate surface area is 145 Å². The van der Waals surface area contributed by atoms with Crippen LogP contribution in [0.3, 0.4) is 0 Å². The summed E-state index contributed by atoms with van der Waals surface area (Å²) >= 11 is 5.83. The van der Waals surface area contributed by atoms with Gasteiger partial charge in [0.25, 0.3) is 0 Å². The van der Waals surface area contributed by atoms with E-state index in [1.165, 1.54) is 0 Å². The van der Waals surface area contributed by atoms with Crippen LogP contribution in [0.15, 0.2) is 67.0 Å². The van der Waals surface area contributed by atoms with Crippen LogP contribution >= 0.6 is 11.6 Å². The summed E-state index contributed by atoms with van der Waals surface area (Å²) in [6.45, 7) is 0.867. The Kier molecular flexibility index (Phi) is 5.13. The molecule has 0 aliphatic rings. The molecule has 0 spiro atoms. The summed E-state index contributed by atoms with van der Waals surface area (Å²) in [7, 11) is 0. The Morgan fingerprint density at radius 1 is 0.958 bits per heavy atom. The van der Waals surface area contributed by atoms with E-state index in [-0.39, 0.29) is 6.03 Å². The van der Waals surface area contributed by atoms with Crippen LogP contribution in [0.4, 0.5) is 4.79 Å². The third-order valence-electron chi connectivity index (χ3n) is 3.48. The molecule has 5 nitrogen and oxygen atoms in total. The van der Waals surface area contributed by atoms with Crippen molar-refractivity contribution in [3.8, 4) is 5.69 Å². The first-order valence-electron chi connectivity index (χ1n) is 7.56. The first-order valence-corrected chi connectivity index (χ1v) is 7.93. The first-order chi connectivity index (χ1) is 11.7. The van der Waals surface area contributed by atoms with Crippen LogP contribution < -0.4 is 10.6 Å². The number of nitrogens with one attached hydrogen (secondary N) is 2. The van der Waals surface area contributed by atoms with Crippen molar-refractivity contribution in [1.29, 1.82) is 0 Å². The van der Waals surface area contributed by atoms with Gasteiger partial charge in [0.15, 0.2) is 0 Å². The standard InChI is InChI=1S/C18H17ClN4O/c19-16-8-6-14(7-9-16)10-20-18(24)21-11-15-12-22-23(13-15)17-4-2-1-3-5-17/h1-9,12-13H,10-11H2,(H2,20,21,24). The van der Waals surface area contributed by atoms with E-state index in [2.05, 4.69) is 15.7 Å². The number of halogens is 1. The minimum absolute atomic E-state index is 0.225. The minimum atomic E-state index is -0.225. The quantitative estimate of drug-likeness (QED) is 0.746. The lowest BCUT2D eigenvalue weighted by molar-refractivity contribution is 0.240. The second-order valence-corrected chi connectivity index (χ2v) is 5.73. The average molecular weight is 341 g/mol. The molecule has 122 valence electrons. The molecule has 0 saturated carbocycles. The second-order valence-electron chi connectivity index (χ2n) is 5.29. The SMILES string of the molecule is O=C(NCc1ccc(Cl)cc1)NCc1cnn(-c2ccccc2)c1. The molecule has 1 heterocycles. The number of para-hydroxylation sites is 1. The molecule has 0 unspecified atom stereocenters. The molecule has 6 heteroatoms. The third kappa shape index (κ3) is 4.36. The Morgan fingerprint density at radius 2 is 1.62 bits per heavy atom. The van der Waals surface area contributed by atoms with Crippen molar-refractivity contribution in [3.63, 3.8) is 0 Å². The number of rotatable bonds is 5. The topological polar surface area (TPSA) is 59.0 Å². The van der Waals surface area contributed by atoms with Gasteiger partial charge in [-0.2, -0.15) is 5.10 Å². The van der Waals surface area contributed by atoms with Gasteiger partial charge in [-0.25, -0.2) is 9.48 Å². The van der Waals surface area contributed by atoms with Crippen LogP contribution in [0.5, 0.6) is 0 Å². The summed E-state index contributed by atoms with van der Waals surface area (Å²) < 4.78 is 1.78. The van der Waals surface area contributed by atoms with Crippen molar-refractivity contribution in [2.45, 2.75) is 13.1 Å². The van der Waals surface area contributed by atoms with E-state index in [0.717, 1.165) is 16.8 Å². The lowest BCUT2D eigenvalue weighted by atomic mass is 10.2. The number of aromatic nitrogens is 2. The highest BCUT2D eigenvalue weighted by Crippen LogP contribution is 2.09. The molecular formula is C18H17ClN4O.